The summed E-state index contributed by atoms with van der Waals surface area (Å²) in [5.74, 6) is 2.28. The predicted molar refractivity (Wildman–Crippen MR) is 125 cm³/mol. The number of methoxy groups -OCH3 is 1. The van der Waals surface area contributed by atoms with Crippen LogP contribution in [0.2, 0.25) is 0 Å². The van der Waals surface area contributed by atoms with Crippen molar-refractivity contribution in [3.05, 3.63) is 78.2 Å². The van der Waals surface area contributed by atoms with E-state index in [2.05, 4.69) is 60.9 Å². The van der Waals surface area contributed by atoms with Gasteiger partial charge in [-0.1, -0.05) is 12.1 Å². The van der Waals surface area contributed by atoms with Crippen molar-refractivity contribution in [1.29, 1.82) is 0 Å². The lowest BCUT2D eigenvalue weighted by atomic mass is 10.1. The van der Waals surface area contributed by atoms with E-state index in [-0.39, 0.29) is 0 Å². The number of aromatic amines is 2. The molecule has 7 heteroatoms. The summed E-state index contributed by atoms with van der Waals surface area (Å²) in [6.07, 6.45) is 6.59. The Bertz CT molecular complexity index is 1320. The van der Waals surface area contributed by atoms with Crippen molar-refractivity contribution in [2.24, 2.45) is 0 Å². The Balaban J connectivity index is 1.21. The second kappa shape index (κ2) is 8.39. The molecule has 5 aromatic rings. The number of H-pyrrole nitrogens is 2. The summed E-state index contributed by atoms with van der Waals surface area (Å²) < 4.78 is 5.51. The van der Waals surface area contributed by atoms with E-state index < -0.39 is 0 Å². The SMILES string of the molecule is COc1cccc2[nH]cc(CCNc3nccc(NCc4ccc5[nH]ccc5c4)n3)c12. The molecule has 0 radical (unpaired) electrons. The van der Waals surface area contributed by atoms with Crippen molar-refractivity contribution in [3.8, 4) is 5.75 Å². The number of anilines is 2. The monoisotopic (exact) mass is 412 g/mol. The largest absolute Gasteiger partial charge is 0.496 e. The maximum Gasteiger partial charge on any atom is 0.224 e. The number of benzene rings is 2. The van der Waals surface area contributed by atoms with Crippen LogP contribution in [0.15, 0.2) is 67.1 Å². The lowest BCUT2D eigenvalue weighted by Gasteiger charge is -2.09. The van der Waals surface area contributed by atoms with Crippen molar-refractivity contribution in [2.75, 3.05) is 24.3 Å². The average Bonchev–Trinajstić information content (AvgIpc) is 3.44. The third-order valence-electron chi connectivity index (χ3n) is 5.39. The number of ether oxygens (including phenoxy) is 1. The van der Waals surface area contributed by atoms with Gasteiger partial charge in [-0.05, 0) is 59.3 Å². The third-order valence-corrected chi connectivity index (χ3v) is 5.39. The molecule has 0 amide bonds. The van der Waals surface area contributed by atoms with Crippen LogP contribution in [-0.4, -0.2) is 33.6 Å². The summed E-state index contributed by atoms with van der Waals surface area (Å²) in [6, 6.07) is 16.4. The van der Waals surface area contributed by atoms with Crippen LogP contribution in [0.1, 0.15) is 11.1 Å². The van der Waals surface area contributed by atoms with Crippen molar-refractivity contribution in [2.45, 2.75) is 13.0 Å². The van der Waals surface area contributed by atoms with Gasteiger partial charge in [0.25, 0.3) is 0 Å². The first-order valence-corrected chi connectivity index (χ1v) is 10.3. The van der Waals surface area contributed by atoms with E-state index >= 15 is 0 Å². The Morgan fingerprint density at radius 3 is 2.90 bits per heavy atom. The highest BCUT2D eigenvalue weighted by molar-refractivity contribution is 5.89. The Morgan fingerprint density at radius 1 is 1.00 bits per heavy atom. The molecule has 156 valence electrons. The minimum atomic E-state index is 0.609. The van der Waals surface area contributed by atoms with Gasteiger partial charge in [-0.15, -0.1) is 0 Å². The van der Waals surface area contributed by atoms with E-state index in [1.165, 1.54) is 16.5 Å². The topological polar surface area (TPSA) is 90.6 Å². The number of nitrogens with one attached hydrogen (secondary N) is 4. The molecule has 2 aromatic carbocycles. The van der Waals surface area contributed by atoms with Gasteiger partial charge in [0.05, 0.1) is 7.11 Å². The van der Waals surface area contributed by atoms with Crippen molar-refractivity contribution in [1.82, 2.24) is 19.9 Å². The standard InChI is InChI=1S/C24H24N6O/c1-31-21-4-2-3-20-23(21)18(15-28-20)8-11-26-24-27-12-9-22(30-24)29-14-16-5-6-19-17(13-16)7-10-25-19/h2-7,9-10,12-13,15,25,28H,8,11,14H2,1H3,(H2,26,27,29,30). The molecule has 0 bridgehead atoms. The van der Waals surface area contributed by atoms with Crippen molar-refractivity contribution in [3.63, 3.8) is 0 Å². The van der Waals surface area contributed by atoms with Gasteiger partial charge in [0.1, 0.15) is 11.6 Å². The van der Waals surface area contributed by atoms with Gasteiger partial charge in [-0.2, -0.15) is 4.98 Å². The lowest BCUT2D eigenvalue weighted by Crippen LogP contribution is -2.09. The average molecular weight is 412 g/mol. The number of aromatic nitrogens is 4. The van der Waals surface area contributed by atoms with Gasteiger partial charge in [0.2, 0.25) is 5.95 Å². The molecule has 5 rings (SSSR count). The second-order valence-corrected chi connectivity index (χ2v) is 7.39. The van der Waals surface area contributed by atoms with Gasteiger partial charge in [-0.3, -0.25) is 0 Å². The zero-order chi connectivity index (χ0) is 21.0. The fourth-order valence-corrected chi connectivity index (χ4v) is 3.84. The number of nitrogens with zero attached hydrogens (tertiary/aromatic N) is 2. The molecule has 0 aliphatic carbocycles. The number of hydrogen-bond acceptors (Lipinski definition) is 5. The van der Waals surface area contributed by atoms with Gasteiger partial charge in [0.15, 0.2) is 0 Å². The number of fused-ring (bicyclic) bond motifs is 2. The third kappa shape index (κ3) is 4.02. The Kier molecular flexibility index (Phi) is 5.14. The molecule has 0 aliphatic heterocycles. The van der Waals surface area contributed by atoms with Crippen LogP contribution in [0, 0.1) is 0 Å². The number of rotatable bonds is 8. The second-order valence-electron chi connectivity index (χ2n) is 7.39. The first-order valence-electron chi connectivity index (χ1n) is 10.3. The van der Waals surface area contributed by atoms with E-state index in [1.807, 2.05) is 30.6 Å². The summed E-state index contributed by atoms with van der Waals surface area (Å²) in [7, 11) is 1.70. The fraction of sp³-hybridized carbons (Fsp3) is 0.167. The van der Waals surface area contributed by atoms with Crippen LogP contribution in [0.4, 0.5) is 11.8 Å². The lowest BCUT2D eigenvalue weighted by molar-refractivity contribution is 0.419. The van der Waals surface area contributed by atoms with Gasteiger partial charge in [0, 0.05) is 48.1 Å². The van der Waals surface area contributed by atoms with E-state index in [0.717, 1.165) is 41.0 Å². The molecule has 31 heavy (non-hydrogen) atoms. The highest BCUT2D eigenvalue weighted by Crippen LogP contribution is 2.28. The van der Waals surface area contributed by atoms with E-state index in [9.17, 15) is 0 Å². The molecule has 4 N–H and O–H groups in total. The molecular weight excluding hydrogens is 388 g/mol. The minimum absolute atomic E-state index is 0.609. The molecule has 0 unspecified atom stereocenters. The van der Waals surface area contributed by atoms with E-state index in [4.69, 9.17) is 4.74 Å². The van der Waals surface area contributed by atoms with Crippen molar-refractivity contribution < 1.29 is 4.74 Å². The zero-order valence-corrected chi connectivity index (χ0v) is 17.3. The van der Waals surface area contributed by atoms with E-state index in [1.54, 1.807) is 13.3 Å². The van der Waals surface area contributed by atoms with Gasteiger partial charge >= 0.3 is 0 Å². The summed E-state index contributed by atoms with van der Waals surface area (Å²) in [4.78, 5) is 15.5. The highest BCUT2D eigenvalue weighted by atomic mass is 16.5. The smallest absolute Gasteiger partial charge is 0.224 e. The Labute approximate surface area is 179 Å². The fourth-order valence-electron chi connectivity index (χ4n) is 3.84. The Hall–Kier alpha value is -4.00. The number of hydrogen-bond donors (Lipinski definition) is 4. The molecule has 7 nitrogen and oxygen atoms in total. The van der Waals surface area contributed by atoms with Crippen LogP contribution in [0.3, 0.4) is 0 Å². The molecule has 0 saturated heterocycles. The minimum Gasteiger partial charge on any atom is -0.496 e. The maximum absolute atomic E-state index is 5.51. The molecule has 0 spiro atoms. The molecule has 0 atom stereocenters. The first kappa shape index (κ1) is 19.0. The summed E-state index contributed by atoms with van der Waals surface area (Å²) >= 11 is 0. The van der Waals surface area contributed by atoms with Crippen LogP contribution in [-0.2, 0) is 13.0 Å². The van der Waals surface area contributed by atoms with Gasteiger partial charge < -0.3 is 25.3 Å². The zero-order valence-electron chi connectivity index (χ0n) is 17.3. The van der Waals surface area contributed by atoms with Gasteiger partial charge in [-0.25, -0.2) is 4.98 Å². The highest BCUT2D eigenvalue weighted by Gasteiger charge is 2.09. The first-order chi connectivity index (χ1) is 15.3. The normalized spacial score (nSPS) is 11.1. The summed E-state index contributed by atoms with van der Waals surface area (Å²) in [6.45, 7) is 1.42. The molecule has 0 aliphatic rings. The van der Waals surface area contributed by atoms with Crippen LogP contribution in [0.5, 0.6) is 5.75 Å². The molecule has 3 aromatic heterocycles. The van der Waals surface area contributed by atoms with Crippen LogP contribution >= 0.6 is 0 Å². The molecule has 3 heterocycles. The quantitative estimate of drug-likeness (QED) is 0.296. The molecule has 0 saturated carbocycles. The Morgan fingerprint density at radius 2 is 1.97 bits per heavy atom. The predicted octanol–water partition coefficient (Wildman–Crippen LogP) is 4.71. The van der Waals surface area contributed by atoms with Crippen molar-refractivity contribution >= 4 is 33.6 Å². The van der Waals surface area contributed by atoms with E-state index in [0.29, 0.717) is 12.5 Å². The summed E-state index contributed by atoms with van der Waals surface area (Å²) in [5, 5.41) is 9.04. The molecule has 0 fully saturated rings. The summed E-state index contributed by atoms with van der Waals surface area (Å²) in [5.41, 5.74) is 4.63. The van der Waals surface area contributed by atoms with Crippen LogP contribution < -0.4 is 15.4 Å². The molecular formula is C24H24N6O. The maximum atomic E-state index is 5.51. The van der Waals surface area contributed by atoms with Crippen LogP contribution in [0.25, 0.3) is 21.8 Å².